The van der Waals surface area contributed by atoms with Gasteiger partial charge in [-0.3, -0.25) is 9.38 Å². The number of imidazole rings is 1. The summed E-state index contributed by atoms with van der Waals surface area (Å²) in [6.45, 7) is 1.79. The van der Waals surface area contributed by atoms with Crippen LogP contribution in [-0.2, 0) is 0 Å². The maximum absolute atomic E-state index is 10.1. The molecule has 0 saturated carbocycles. The highest BCUT2D eigenvalue weighted by Crippen LogP contribution is 2.28. The number of nitrogens with zero attached hydrogens (tertiary/aromatic N) is 3. The molecule has 0 radical (unpaired) electrons. The lowest BCUT2D eigenvalue weighted by molar-refractivity contribution is 0.446. The highest BCUT2D eigenvalue weighted by molar-refractivity contribution is 7.08. The van der Waals surface area contributed by atoms with Gasteiger partial charge in [0.2, 0.25) is 5.88 Å². The highest BCUT2D eigenvalue weighted by atomic mass is 35.5. The van der Waals surface area contributed by atoms with E-state index in [9.17, 15) is 5.11 Å². The van der Waals surface area contributed by atoms with E-state index in [-0.39, 0.29) is 18.3 Å². The van der Waals surface area contributed by atoms with Crippen LogP contribution in [0.5, 0.6) is 5.88 Å². The fourth-order valence-corrected chi connectivity index (χ4v) is 3.08. The summed E-state index contributed by atoms with van der Waals surface area (Å²) in [5.74, 6) is 0.177. The molecule has 3 aromatic heterocycles. The van der Waals surface area contributed by atoms with Gasteiger partial charge in [0.15, 0.2) is 5.65 Å². The molecule has 4 rings (SSSR count). The van der Waals surface area contributed by atoms with Gasteiger partial charge in [0.05, 0.1) is 17.2 Å². The van der Waals surface area contributed by atoms with Crippen molar-refractivity contribution in [2.24, 2.45) is 0 Å². The van der Waals surface area contributed by atoms with Crippen LogP contribution in [0.3, 0.4) is 0 Å². The van der Waals surface area contributed by atoms with E-state index < -0.39 is 0 Å². The Morgan fingerprint density at radius 1 is 1.19 bits per heavy atom. The first-order valence-electron chi connectivity index (χ1n) is 6.23. The number of benzene rings is 1. The molecule has 4 aromatic rings. The standard InChI is InChI=1S/C15H11N3OS.ClH/c1-9-15(19)18-13-3-2-10(11-4-5-20-8-11)6-12(13)16-7-14(18)17-9;/h2-8,19H,1H3;1H. The molecular weight excluding hydrogens is 306 g/mol. The maximum atomic E-state index is 10.1. The minimum absolute atomic E-state index is 0. The third-order valence-electron chi connectivity index (χ3n) is 3.44. The van der Waals surface area contributed by atoms with Gasteiger partial charge in [-0.2, -0.15) is 11.3 Å². The van der Waals surface area contributed by atoms with E-state index in [2.05, 4.69) is 26.8 Å². The molecule has 106 valence electrons. The number of hydrogen-bond acceptors (Lipinski definition) is 4. The first-order chi connectivity index (χ1) is 9.74. The number of fused-ring (bicyclic) bond motifs is 3. The smallest absolute Gasteiger partial charge is 0.219 e. The molecule has 0 atom stereocenters. The molecule has 6 heteroatoms. The molecule has 0 amide bonds. The van der Waals surface area contributed by atoms with Crippen molar-refractivity contribution in [3.05, 3.63) is 46.9 Å². The summed E-state index contributed by atoms with van der Waals surface area (Å²) in [6, 6.07) is 8.14. The van der Waals surface area contributed by atoms with Gasteiger partial charge in [0.1, 0.15) is 5.69 Å². The number of aryl methyl sites for hydroxylation is 1. The Balaban J connectivity index is 0.00000132. The number of halogens is 1. The molecule has 0 fully saturated rings. The van der Waals surface area contributed by atoms with Gasteiger partial charge in [-0.05, 0) is 47.0 Å². The van der Waals surface area contributed by atoms with E-state index in [0.717, 1.165) is 16.6 Å². The zero-order valence-corrected chi connectivity index (χ0v) is 12.8. The summed E-state index contributed by atoms with van der Waals surface area (Å²) in [5.41, 5.74) is 5.29. The van der Waals surface area contributed by atoms with Crippen LogP contribution < -0.4 is 0 Å². The molecule has 0 saturated heterocycles. The number of aromatic hydroxyl groups is 1. The average Bonchev–Trinajstić information content (AvgIpc) is 3.08. The molecule has 0 aliphatic carbocycles. The molecule has 3 heterocycles. The SMILES string of the molecule is Cc1nc2cnc3cc(-c4ccsc4)ccc3n2c1O.Cl. The van der Waals surface area contributed by atoms with Gasteiger partial charge >= 0.3 is 0 Å². The summed E-state index contributed by atoms with van der Waals surface area (Å²) in [4.78, 5) is 8.73. The van der Waals surface area contributed by atoms with Crippen molar-refractivity contribution in [3.8, 4) is 17.0 Å². The van der Waals surface area contributed by atoms with Crippen molar-refractivity contribution >= 4 is 40.4 Å². The van der Waals surface area contributed by atoms with Gasteiger partial charge in [0.25, 0.3) is 0 Å². The minimum atomic E-state index is 0. The van der Waals surface area contributed by atoms with Crippen LogP contribution in [0.2, 0.25) is 0 Å². The van der Waals surface area contributed by atoms with Crippen molar-refractivity contribution in [1.29, 1.82) is 0 Å². The van der Waals surface area contributed by atoms with E-state index in [1.807, 2.05) is 18.2 Å². The fourth-order valence-electron chi connectivity index (χ4n) is 2.42. The topological polar surface area (TPSA) is 50.4 Å². The Labute approximate surface area is 131 Å². The van der Waals surface area contributed by atoms with Crippen LogP contribution in [0.15, 0.2) is 41.2 Å². The lowest BCUT2D eigenvalue weighted by Gasteiger charge is -2.04. The predicted octanol–water partition coefficient (Wildman–Crippen LogP) is 4.05. The average molecular weight is 318 g/mol. The Hall–Kier alpha value is -2.11. The van der Waals surface area contributed by atoms with Crippen LogP contribution in [0.4, 0.5) is 0 Å². The molecule has 1 N–H and O–H groups in total. The highest BCUT2D eigenvalue weighted by Gasteiger charge is 2.11. The molecule has 21 heavy (non-hydrogen) atoms. The van der Waals surface area contributed by atoms with Crippen LogP contribution in [0.1, 0.15) is 5.69 Å². The predicted molar refractivity (Wildman–Crippen MR) is 87.5 cm³/mol. The Bertz CT molecular complexity index is 931. The van der Waals surface area contributed by atoms with Crippen molar-refractivity contribution < 1.29 is 5.11 Å². The zero-order chi connectivity index (χ0) is 13.7. The third-order valence-corrected chi connectivity index (χ3v) is 4.12. The van der Waals surface area contributed by atoms with Gasteiger partial charge < -0.3 is 5.11 Å². The monoisotopic (exact) mass is 317 g/mol. The lowest BCUT2D eigenvalue weighted by Crippen LogP contribution is -1.91. The fraction of sp³-hybridized carbons (Fsp3) is 0.0667. The van der Waals surface area contributed by atoms with Crippen LogP contribution in [-0.4, -0.2) is 19.5 Å². The lowest BCUT2D eigenvalue weighted by atomic mass is 10.1. The molecule has 0 unspecified atom stereocenters. The van der Waals surface area contributed by atoms with E-state index in [1.54, 1.807) is 28.9 Å². The van der Waals surface area contributed by atoms with Gasteiger partial charge in [-0.1, -0.05) is 6.07 Å². The van der Waals surface area contributed by atoms with Gasteiger partial charge in [-0.25, -0.2) is 4.98 Å². The Morgan fingerprint density at radius 2 is 2.05 bits per heavy atom. The zero-order valence-electron chi connectivity index (χ0n) is 11.1. The van der Waals surface area contributed by atoms with Gasteiger partial charge in [-0.15, -0.1) is 12.4 Å². The molecule has 0 aliphatic rings. The molecule has 1 aromatic carbocycles. The second-order valence-electron chi connectivity index (χ2n) is 4.69. The molecule has 0 spiro atoms. The van der Waals surface area contributed by atoms with E-state index in [0.29, 0.717) is 11.3 Å². The second-order valence-corrected chi connectivity index (χ2v) is 5.47. The minimum Gasteiger partial charge on any atom is -0.493 e. The quantitative estimate of drug-likeness (QED) is 0.576. The third kappa shape index (κ3) is 2.05. The van der Waals surface area contributed by atoms with Crippen molar-refractivity contribution in [2.75, 3.05) is 0 Å². The van der Waals surface area contributed by atoms with Crippen LogP contribution >= 0.6 is 23.7 Å². The van der Waals surface area contributed by atoms with E-state index >= 15 is 0 Å². The first kappa shape index (κ1) is 13.9. The van der Waals surface area contributed by atoms with Crippen LogP contribution in [0.25, 0.3) is 27.8 Å². The van der Waals surface area contributed by atoms with Crippen molar-refractivity contribution in [3.63, 3.8) is 0 Å². The number of rotatable bonds is 1. The Kier molecular flexibility index (Phi) is 3.31. The van der Waals surface area contributed by atoms with Gasteiger partial charge in [0, 0.05) is 0 Å². The Morgan fingerprint density at radius 3 is 2.81 bits per heavy atom. The molecule has 4 nitrogen and oxygen atoms in total. The molecular formula is C15H12ClN3OS. The molecule has 0 aliphatic heterocycles. The first-order valence-corrected chi connectivity index (χ1v) is 7.18. The summed E-state index contributed by atoms with van der Waals surface area (Å²) in [5, 5.41) is 14.3. The largest absolute Gasteiger partial charge is 0.493 e. The summed E-state index contributed by atoms with van der Waals surface area (Å²) in [7, 11) is 0. The van der Waals surface area contributed by atoms with Crippen molar-refractivity contribution in [1.82, 2.24) is 14.4 Å². The summed E-state index contributed by atoms with van der Waals surface area (Å²) >= 11 is 1.67. The molecule has 0 bridgehead atoms. The summed E-state index contributed by atoms with van der Waals surface area (Å²) < 4.78 is 1.73. The summed E-state index contributed by atoms with van der Waals surface area (Å²) in [6.07, 6.45) is 1.69. The van der Waals surface area contributed by atoms with E-state index in [4.69, 9.17) is 0 Å². The number of hydrogen-bond donors (Lipinski definition) is 1. The number of thiophene rings is 1. The second kappa shape index (κ2) is 5.02. The number of aromatic nitrogens is 3. The van der Waals surface area contributed by atoms with Crippen molar-refractivity contribution in [2.45, 2.75) is 6.92 Å². The normalized spacial score (nSPS) is 10.9. The van der Waals surface area contributed by atoms with Crippen LogP contribution in [0, 0.1) is 6.92 Å². The van der Waals surface area contributed by atoms with E-state index in [1.165, 1.54) is 5.56 Å². The maximum Gasteiger partial charge on any atom is 0.219 e.